The summed E-state index contributed by atoms with van der Waals surface area (Å²) in [5.74, 6) is 0.150. The Morgan fingerprint density at radius 3 is 2.75 bits per heavy atom. The third-order valence-electron chi connectivity index (χ3n) is 2.62. The molecule has 0 aromatic heterocycles. The molecule has 4 heteroatoms. The van der Waals surface area contributed by atoms with Gasteiger partial charge >= 0.3 is 0 Å². The minimum Gasteiger partial charge on any atom is -0.354 e. The molecule has 0 radical (unpaired) electrons. The zero-order valence-corrected chi connectivity index (χ0v) is 10.8. The average molecular weight is 227 g/mol. The number of nitrogens with one attached hydrogen (secondary N) is 2. The fourth-order valence-electron chi connectivity index (χ4n) is 1.68. The Kier molecular flexibility index (Phi) is 5.22. The minimum absolute atomic E-state index is 0.150. The predicted molar refractivity (Wildman–Crippen MR) is 66.4 cm³/mol. The topological polar surface area (TPSA) is 44.4 Å². The van der Waals surface area contributed by atoms with Gasteiger partial charge in [0.05, 0.1) is 6.54 Å². The third-order valence-corrected chi connectivity index (χ3v) is 2.62. The van der Waals surface area contributed by atoms with Gasteiger partial charge < -0.3 is 10.6 Å². The van der Waals surface area contributed by atoms with Gasteiger partial charge in [0.1, 0.15) is 0 Å². The number of hydrogen-bond acceptors (Lipinski definition) is 3. The van der Waals surface area contributed by atoms with Crippen LogP contribution in [-0.2, 0) is 4.79 Å². The van der Waals surface area contributed by atoms with Crippen LogP contribution in [0, 0.1) is 5.41 Å². The molecule has 1 aliphatic heterocycles. The van der Waals surface area contributed by atoms with Gasteiger partial charge in [-0.05, 0) is 24.9 Å². The first-order valence-electron chi connectivity index (χ1n) is 6.17. The summed E-state index contributed by atoms with van der Waals surface area (Å²) in [6, 6.07) is 0. The Labute approximate surface area is 98.8 Å². The van der Waals surface area contributed by atoms with Crippen molar-refractivity contribution in [1.82, 2.24) is 15.5 Å². The van der Waals surface area contributed by atoms with Crippen molar-refractivity contribution in [1.29, 1.82) is 0 Å². The van der Waals surface area contributed by atoms with Crippen molar-refractivity contribution in [2.75, 3.05) is 39.3 Å². The van der Waals surface area contributed by atoms with Gasteiger partial charge in [-0.1, -0.05) is 20.8 Å². The first-order chi connectivity index (χ1) is 7.47. The highest BCUT2D eigenvalue weighted by Crippen LogP contribution is 2.10. The van der Waals surface area contributed by atoms with Crippen molar-refractivity contribution in [2.45, 2.75) is 27.2 Å². The number of nitrogens with zero attached hydrogens (tertiary/aromatic N) is 1. The summed E-state index contributed by atoms with van der Waals surface area (Å²) in [4.78, 5) is 13.9. The van der Waals surface area contributed by atoms with Crippen LogP contribution >= 0.6 is 0 Å². The summed E-state index contributed by atoms with van der Waals surface area (Å²) < 4.78 is 0. The van der Waals surface area contributed by atoms with Crippen LogP contribution in [-0.4, -0.2) is 50.1 Å². The monoisotopic (exact) mass is 227 g/mol. The molecule has 1 amide bonds. The lowest BCUT2D eigenvalue weighted by Gasteiger charge is -2.22. The summed E-state index contributed by atoms with van der Waals surface area (Å²) in [7, 11) is 0. The summed E-state index contributed by atoms with van der Waals surface area (Å²) in [6.45, 7) is 11.7. The summed E-state index contributed by atoms with van der Waals surface area (Å²) in [5.41, 5.74) is 0.163. The maximum atomic E-state index is 11.7. The van der Waals surface area contributed by atoms with Crippen LogP contribution in [0.25, 0.3) is 0 Å². The Morgan fingerprint density at radius 2 is 2.06 bits per heavy atom. The van der Waals surface area contributed by atoms with E-state index in [0.717, 1.165) is 39.1 Å². The zero-order chi connectivity index (χ0) is 12.0. The van der Waals surface area contributed by atoms with E-state index in [2.05, 4.69) is 36.3 Å². The van der Waals surface area contributed by atoms with Gasteiger partial charge in [-0.3, -0.25) is 9.69 Å². The molecule has 0 saturated carbocycles. The van der Waals surface area contributed by atoms with E-state index < -0.39 is 0 Å². The van der Waals surface area contributed by atoms with Gasteiger partial charge in [0, 0.05) is 19.6 Å². The third kappa shape index (κ3) is 6.08. The van der Waals surface area contributed by atoms with Crippen LogP contribution in [0.1, 0.15) is 27.2 Å². The van der Waals surface area contributed by atoms with Gasteiger partial charge in [-0.15, -0.1) is 0 Å². The molecule has 2 N–H and O–H groups in total. The largest absolute Gasteiger partial charge is 0.354 e. The van der Waals surface area contributed by atoms with Crippen molar-refractivity contribution >= 4 is 5.91 Å². The molecule has 0 aromatic carbocycles. The number of amides is 1. The molecule has 1 heterocycles. The highest BCUT2D eigenvalue weighted by Gasteiger charge is 2.15. The number of carbonyl (C=O) groups excluding carboxylic acids is 1. The van der Waals surface area contributed by atoms with E-state index in [0.29, 0.717) is 6.54 Å². The number of carbonyl (C=O) groups is 1. The van der Waals surface area contributed by atoms with E-state index in [4.69, 9.17) is 0 Å². The van der Waals surface area contributed by atoms with E-state index in [1.165, 1.54) is 0 Å². The fourth-order valence-corrected chi connectivity index (χ4v) is 1.68. The molecule has 4 nitrogen and oxygen atoms in total. The second-order valence-electron chi connectivity index (χ2n) is 5.72. The standard InChI is InChI=1S/C12H25N3O/c1-12(2,3)10-14-11(16)9-15-7-4-5-13-6-8-15/h13H,4-10H2,1-3H3,(H,14,16). The molecule has 0 spiro atoms. The Hall–Kier alpha value is -0.610. The van der Waals surface area contributed by atoms with E-state index in [9.17, 15) is 4.79 Å². The maximum Gasteiger partial charge on any atom is 0.234 e. The van der Waals surface area contributed by atoms with E-state index in [-0.39, 0.29) is 11.3 Å². The molecule has 0 aliphatic carbocycles. The molecule has 0 bridgehead atoms. The smallest absolute Gasteiger partial charge is 0.234 e. The van der Waals surface area contributed by atoms with Crippen LogP contribution < -0.4 is 10.6 Å². The minimum atomic E-state index is 0.150. The molecule has 1 rings (SSSR count). The van der Waals surface area contributed by atoms with Gasteiger partial charge in [0.25, 0.3) is 0 Å². The fraction of sp³-hybridized carbons (Fsp3) is 0.917. The van der Waals surface area contributed by atoms with Crippen LogP contribution in [0.3, 0.4) is 0 Å². The molecule has 94 valence electrons. The normalized spacial score (nSPS) is 19.2. The molecule has 1 aliphatic rings. The van der Waals surface area contributed by atoms with Crippen LogP contribution in [0.5, 0.6) is 0 Å². The van der Waals surface area contributed by atoms with Crippen LogP contribution in [0.2, 0.25) is 0 Å². The highest BCUT2D eigenvalue weighted by molar-refractivity contribution is 5.78. The molecule has 1 fully saturated rings. The Bertz CT molecular complexity index is 215. The first kappa shape index (κ1) is 13.5. The van der Waals surface area contributed by atoms with E-state index >= 15 is 0 Å². The van der Waals surface area contributed by atoms with Gasteiger partial charge in [0.2, 0.25) is 5.91 Å². The maximum absolute atomic E-state index is 11.7. The molecule has 0 unspecified atom stereocenters. The molecular formula is C12H25N3O. The van der Waals surface area contributed by atoms with Crippen molar-refractivity contribution in [3.63, 3.8) is 0 Å². The highest BCUT2D eigenvalue weighted by atomic mass is 16.2. The van der Waals surface area contributed by atoms with Gasteiger partial charge in [-0.2, -0.15) is 0 Å². The SMILES string of the molecule is CC(C)(C)CNC(=O)CN1CCCNCC1. The lowest BCUT2D eigenvalue weighted by atomic mass is 9.97. The number of hydrogen-bond donors (Lipinski definition) is 2. The van der Waals surface area contributed by atoms with E-state index in [1.807, 2.05) is 0 Å². The number of rotatable bonds is 3. The molecule has 16 heavy (non-hydrogen) atoms. The summed E-state index contributed by atoms with van der Waals surface area (Å²) in [5, 5.41) is 6.32. The first-order valence-corrected chi connectivity index (χ1v) is 6.17. The second-order valence-corrected chi connectivity index (χ2v) is 5.72. The van der Waals surface area contributed by atoms with E-state index in [1.54, 1.807) is 0 Å². The molecule has 0 aromatic rings. The average Bonchev–Trinajstić information content (AvgIpc) is 2.42. The summed E-state index contributed by atoms with van der Waals surface area (Å²) in [6.07, 6.45) is 1.13. The van der Waals surface area contributed by atoms with Crippen LogP contribution in [0.15, 0.2) is 0 Å². The van der Waals surface area contributed by atoms with Crippen LogP contribution in [0.4, 0.5) is 0 Å². The zero-order valence-electron chi connectivity index (χ0n) is 10.8. The second kappa shape index (κ2) is 6.21. The van der Waals surface area contributed by atoms with Crippen molar-refractivity contribution < 1.29 is 4.79 Å². The van der Waals surface area contributed by atoms with Gasteiger partial charge in [-0.25, -0.2) is 0 Å². The molecule has 0 atom stereocenters. The van der Waals surface area contributed by atoms with Gasteiger partial charge in [0.15, 0.2) is 0 Å². The van der Waals surface area contributed by atoms with Crippen molar-refractivity contribution in [3.05, 3.63) is 0 Å². The Morgan fingerprint density at radius 1 is 1.31 bits per heavy atom. The molecular weight excluding hydrogens is 202 g/mol. The van der Waals surface area contributed by atoms with Crippen molar-refractivity contribution in [3.8, 4) is 0 Å². The lowest BCUT2D eigenvalue weighted by Crippen LogP contribution is -2.41. The van der Waals surface area contributed by atoms with Crippen molar-refractivity contribution in [2.24, 2.45) is 5.41 Å². The lowest BCUT2D eigenvalue weighted by molar-refractivity contribution is -0.122. The summed E-state index contributed by atoms with van der Waals surface area (Å²) >= 11 is 0. The predicted octanol–water partition coefficient (Wildman–Crippen LogP) is 0.444. The Balaban J connectivity index is 2.22. The molecule has 1 saturated heterocycles. The quantitative estimate of drug-likeness (QED) is 0.735.